The first-order valence-corrected chi connectivity index (χ1v) is 9.09. The van der Waals surface area contributed by atoms with Crippen molar-refractivity contribution in [3.63, 3.8) is 0 Å². The molecule has 3 nitrogen and oxygen atoms in total. The summed E-state index contributed by atoms with van der Waals surface area (Å²) in [5, 5.41) is 0.498. The van der Waals surface area contributed by atoms with Gasteiger partial charge in [0.25, 0.3) is 0 Å². The van der Waals surface area contributed by atoms with Gasteiger partial charge in [0.15, 0.2) is 0 Å². The SMILES string of the molecule is O=S(=O)(NC(c1ccc(Cl)cc1)C(Cl)(Cl)Cl)c1ccccc1. The van der Waals surface area contributed by atoms with Crippen LogP contribution in [-0.4, -0.2) is 12.2 Å². The van der Waals surface area contributed by atoms with Gasteiger partial charge in [-0.05, 0) is 29.8 Å². The second kappa shape index (κ2) is 6.95. The van der Waals surface area contributed by atoms with E-state index in [9.17, 15) is 8.42 Å². The van der Waals surface area contributed by atoms with E-state index in [1.54, 1.807) is 42.5 Å². The van der Waals surface area contributed by atoms with Gasteiger partial charge in [-0.15, -0.1) is 0 Å². The van der Waals surface area contributed by atoms with Crippen LogP contribution in [0.1, 0.15) is 11.6 Å². The molecule has 0 aliphatic heterocycles. The van der Waals surface area contributed by atoms with Crippen LogP contribution in [0, 0.1) is 0 Å². The van der Waals surface area contributed by atoms with Crippen molar-refractivity contribution in [2.45, 2.75) is 14.7 Å². The minimum atomic E-state index is -3.84. The molecule has 8 heteroatoms. The smallest absolute Gasteiger partial charge is 0.207 e. The molecule has 0 radical (unpaired) electrons. The summed E-state index contributed by atoms with van der Waals surface area (Å²) < 4.78 is 25.4. The van der Waals surface area contributed by atoms with Crippen LogP contribution >= 0.6 is 46.4 Å². The Morgan fingerprint density at radius 1 is 0.909 bits per heavy atom. The summed E-state index contributed by atoms with van der Waals surface area (Å²) >= 11 is 23.6. The molecule has 0 fully saturated rings. The Morgan fingerprint density at radius 3 is 1.95 bits per heavy atom. The average molecular weight is 399 g/mol. The molecule has 118 valence electrons. The van der Waals surface area contributed by atoms with Crippen molar-refractivity contribution in [1.82, 2.24) is 4.72 Å². The van der Waals surface area contributed by atoms with Crippen LogP contribution in [0.3, 0.4) is 0 Å². The molecule has 0 aromatic heterocycles. The zero-order chi connectivity index (χ0) is 16.4. The Hall–Kier alpha value is -0.490. The third kappa shape index (κ3) is 4.51. The van der Waals surface area contributed by atoms with E-state index >= 15 is 0 Å². The van der Waals surface area contributed by atoms with Crippen LogP contribution in [0.4, 0.5) is 0 Å². The van der Waals surface area contributed by atoms with E-state index in [2.05, 4.69) is 4.72 Å². The molecule has 1 atom stereocenters. The van der Waals surface area contributed by atoms with Crippen LogP contribution in [0.25, 0.3) is 0 Å². The lowest BCUT2D eigenvalue weighted by Gasteiger charge is -2.25. The van der Waals surface area contributed by atoms with Gasteiger partial charge in [0.2, 0.25) is 13.8 Å². The highest BCUT2D eigenvalue weighted by molar-refractivity contribution is 7.89. The number of hydrogen-bond acceptors (Lipinski definition) is 2. The first kappa shape index (κ1) is 17.9. The van der Waals surface area contributed by atoms with Crippen molar-refractivity contribution in [3.8, 4) is 0 Å². The fourth-order valence-corrected chi connectivity index (χ4v) is 3.94. The maximum Gasteiger partial charge on any atom is 0.241 e. The second-order valence-corrected chi connectivity index (χ2v) is 8.98. The highest BCUT2D eigenvalue weighted by Crippen LogP contribution is 2.40. The topological polar surface area (TPSA) is 46.2 Å². The number of hydrogen-bond donors (Lipinski definition) is 1. The Balaban J connectivity index is 2.38. The van der Waals surface area contributed by atoms with Crippen molar-refractivity contribution >= 4 is 56.4 Å². The van der Waals surface area contributed by atoms with Crippen molar-refractivity contribution in [1.29, 1.82) is 0 Å². The van der Waals surface area contributed by atoms with Gasteiger partial charge in [-0.3, -0.25) is 0 Å². The van der Waals surface area contributed by atoms with Crippen LogP contribution in [0.2, 0.25) is 5.02 Å². The summed E-state index contributed by atoms with van der Waals surface area (Å²) in [6.07, 6.45) is 0. The van der Waals surface area contributed by atoms with Gasteiger partial charge in [-0.25, -0.2) is 8.42 Å². The maximum absolute atomic E-state index is 12.4. The standard InChI is InChI=1S/C14H11Cl4NO2S/c15-11-8-6-10(7-9-11)13(14(16,17)18)19-22(20,21)12-4-2-1-3-5-12/h1-9,13,19H. The number of sulfonamides is 1. The summed E-state index contributed by atoms with van der Waals surface area (Å²) in [5.41, 5.74) is 0.490. The molecule has 2 aromatic rings. The predicted molar refractivity (Wildman–Crippen MR) is 91.2 cm³/mol. The lowest BCUT2D eigenvalue weighted by Crippen LogP contribution is -2.36. The molecule has 0 saturated heterocycles. The van der Waals surface area contributed by atoms with Crippen LogP contribution in [0.15, 0.2) is 59.5 Å². The monoisotopic (exact) mass is 397 g/mol. The Morgan fingerprint density at radius 2 is 1.45 bits per heavy atom. The highest BCUT2D eigenvalue weighted by Gasteiger charge is 2.37. The van der Waals surface area contributed by atoms with E-state index in [1.165, 1.54) is 12.1 Å². The van der Waals surface area contributed by atoms with Crippen LogP contribution in [-0.2, 0) is 10.0 Å². The molecule has 0 bridgehead atoms. The Labute approximate surface area is 149 Å². The first-order valence-electron chi connectivity index (χ1n) is 6.10. The van der Waals surface area contributed by atoms with Gasteiger partial charge in [0.05, 0.1) is 10.9 Å². The first-order chi connectivity index (χ1) is 10.2. The zero-order valence-electron chi connectivity index (χ0n) is 11.0. The summed E-state index contributed by atoms with van der Waals surface area (Å²) in [7, 11) is -3.84. The lowest BCUT2D eigenvalue weighted by atomic mass is 10.1. The molecule has 0 aliphatic rings. The molecule has 1 N–H and O–H groups in total. The number of alkyl halides is 3. The van der Waals surface area contributed by atoms with Gasteiger partial charge in [-0.2, -0.15) is 4.72 Å². The number of nitrogens with one attached hydrogen (secondary N) is 1. The van der Waals surface area contributed by atoms with Crippen molar-refractivity contribution in [2.24, 2.45) is 0 Å². The van der Waals surface area contributed by atoms with Gasteiger partial charge >= 0.3 is 0 Å². The van der Waals surface area contributed by atoms with Gasteiger partial charge in [0.1, 0.15) is 0 Å². The molecule has 0 amide bonds. The summed E-state index contributed by atoms with van der Waals surface area (Å²) in [4.78, 5) is 0.0863. The van der Waals surface area contributed by atoms with Crippen molar-refractivity contribution in [2.75, 3.05) is 0 Å². The molecule has 22 heavy (non-hydrogen) atoms. The molecule has 0 spiro atoms. The minimum Gasteiger partial charge on any atom is -0.207 e. The molecular formula is C14H11Cl4NO2S. The minimum absolute atomic E-state index is 0.0863. The summed E-state index contributed by atoms with van der Waals surface area (Å²) in [6.45, 7) is 0. The third-order valence-corrected chi connectivity index (χ3v) is 5.20. The van der Waals surface area contributed by atoms with Gasteiger partial charge in [0, 0.05) is 5.02 Å². The van der Waals surface area contributed by atoms with Crippen molar-refractivity contribution < 1.29 is 8.42 Å². The molecule has 2 rings (SSSR count). The number of rotatable bonds is 4. The van der Waals surface area contributed by atoms with E-state index in [-0.39, 0.29) is 4.90 Å². The Bertz CT molecular complexity index is 728. The van der Waals surface area contributed by atoms with Crippen LogP contribution in [0.5, 0.6) is 0 Å². The van der Waals surface area contributed by atoms with Crippen molar-refractivity contribution in [3.05, 3.63) is 65.2 Å². The maximum atomic E-state index is 12.4. The average Bonchev–Trinajstić information content (AvgIpc) is 2.46. The molecule has 0 aliphatic carbocycles. The zero-order valence-corrected chi connectivity index (χ0v) is 14.9. The summed E-state index contributed by atoms with van der Waals surface area (Å²) in [5.74, 6) is 0. The van der Waals surface area contributed by atoms with E-state index in [1.807, 2.05) is 0 Å². The van der Waals surface area contributed by atoms with Gasteiger partial charge in [-0.1, -0.05) is 76.7 Å². The quantitative estimate of drug-likeness (QED) is 0.756. The summed E-state index contributed by atoms with van der Waals surface area (Å²) in [6, 6.07) is 13.2. The largest absolute Gasteiger partial charge is 0.241 e. The van der Waals surface area contributed by atoms with Crippen LogP contribution < -0.4 is 4.72 Å². The molecule has 0 heterocycles. The Kier molecular flexibility index (Phi) is 5.64. The fourth-order valence-electron chi connectivity index (χ4n) is 1.80. The molecular weight excluding hydrogens is 388 g/mol. The van der Waals surface area contributed by atoms with Gasteiger partial charge < -0.3 is 0 Å². The molecule has 2 aromatic carbocycles. The normalized spacial score (nSPS) is 13.8. The lowest BCUT2D eigenvalue weighted by molar-refractivity contribution is 0.558. The van der Waals surface area contributed by atoms with E-state index in [0.717, 1.165) is 0 Å². The highest BCUT2D eigenvalue weighted by atomic mass is 35.6. The van der Waals surface area contributed by atoms with E-state index in [0.29, 0.717) is 10.6 Å². The number of benzene rings is 2. The third-order valence-electron chi connectivity index (χ3n) is 2.86. The molecule has 1 unspecified atom stereocenters. The fraction of sp³-hybridized carbons (Fsp3) is 0.143. The predicted octanol–water partition coefficient (Wildman–Crippen LogP) is 4.73. The second-order valence-electron chi connectivity index (χ2n) is 4.46. The van der Waals surface area contributed by atoms with E-state index in [4.69, 9.17) is 46.4 Å². The van der Waals surface area contributed by atoms with E-state index < -0.39 is 19.9 Å². The molecule has 0 saturated carbocycles. The number of halogens is 4.